The predicted octanol–water partition coefficient (Wildman–Crippen LogP) is 7.20. The minimum absolute atomic E-state index is 0.00589. The van der Waals surface area contributed by atoms with E-state index < -0.39 is 45.4 Å². The number of amides is 2. The van der Waals surface area contributed by atoms with E-state index in [1.54, 1.807) is 0 Å². The Morgan fingerprint density at radius 2 is 1.64 bits per heavy atom. The lowest BCUT2D eigenvalue weighted by Gasteiger charge is -2.11. The highest BCUT2D eigenvalue weighted by Gasteiger charge is 2.67. The Balaban J connectivity index is 1.52. The number of hydrogen-bond acceptors (Lipinski definition) is 3. The first-order valence-electron chi connectivity index (χ1n) is 10.2. The summed E-state index contributed by atoms with van der Waals surface area (Å²) >= 11 is 24.8. The van der Waals surface area contributed by atoms with E-state index in [0.717, 1.165) is 18.2 Å². The molecule has 1 saturated carbocycles. The van der Waals surface area contributed by atoms with Gasteiger partial charge in [-0.2, -0.15) is 0 Å². The van der Waals surface area contributed by atoms with Gasteiger partial charge >= 0.3 is 0 Å². The van der Waals surface area contributed by atoms with Crippen molar-refractivity contribution in [3.8, 4) is 5.75 Å². The minimum atomic E-state index is -1.54. The van der Waals surface area contributed by atoms with Crippen LogP contribution in [0.1, 0.15) is 21.8 Å². The van der Waals surface area contributed by atoms with Gasteiger partial charge in [-0.3, -0.25) is 9.59 Å². The molecule has 0 spiro atoms. The number of benzene rings is 3. The molecule has 12 heteroatoms. The quantitative estimate of drug-likeness (QED) is 0.304. The third-order valence-electron chi connectivity index (χ3n) is 5.58. The van der Waals surface area contributed by atoms with E-state index in [2.05, 4.69) is 10.6 Å². The molecule has 5 nitrogen and oxygen atoms in total. The van der Waals surface area contributed by atoms with E-state index in [4.69, 9.17) is 51.1 Å². The van der Waals surface area contributed by atoms with Crippen molar-refractivity contribution in [3.05, 3.63) is 87.2 Å². The molecule has 1 aliphatic rings. The summed E-state index contributed by atoms with van der Waals surface area (Å²) in [5.41, 5.74) is 0.133. The van der Waals surface area contributed by atoms with Gasteiger partial charge in [-0.05, 0) is 48.0 Å². The van der Waals surface area contributed by atoms with Crippen LogP contribution < -0.4 is 15.4 Å². The second-order valence-corrected chi connectivity index (χ2v) is 10.2. The molecular formula is C24H15Cl4F3N2O3. The Bertz CT molecular complexity index is 1360. The molecule has 0 bridgehead atoms. The van der Waals surface area contributed by atoms with Crippen molar-refractivity contribution in [2.45, 2.75) is 10.3 Å². The number of anilines is 2. The molecule has 0 aliphatic heterocycles. The second-order valence-electron chi connectivity index (χ2n) is 7.91. The highest BCUT2D eigenvalue weighted by Crippen LogP contribution is 2.65. The lowest BCUT2D eigenvalue weighted by Crippen LogP contribution is -2.18. The first kappa shape index (κ1) is 26.4. The highest BCUT2D eigenvalue weighted by molar-refractivity contribution is 6.53. The number of methoxy groups -OCH3 is 1. The Kier molecular flexibility index (Phi) is 7.35. The molecule has 3 aromatic carbocycles. The molecule has 2 atom stereocenters. The first-order chi connectivity index (χ1) is 16.9. The van der Waals surface area contributed by atoms with Gasteiger partial charge in [0.1, 0.15) is 16.0 Å². The Morgan fingerprint density at radius 3 is 2.28 bits per heavy atom. The molecule has 0 saturated heterocycles. The monoisotopic (exact) mass is 576 g/mol. The topological polar surface area (TPSA) is 67.4 Å². The van der Waals surface area contributed by atoms with Gasteiger partial charge in [0.15, 0.2) is 11.6 Å². The van der Waals surface area contributed by atoms with Crippen LogP contribution >= 0.6 is 46.4 Å². The standard InChI is InChI=1S/C24H15Cl4F3N2O3/c1-36-21-15(26)6-10(7-17(21)31)19-20(24(19,27)28)23(35)32-12-3-4-14(25)13(9-12)22(34)33-18-5-2-11(29)8-16(18)30/h2-9,19-20H,1H3,(H,32,35)(H,33,34). The fourth-order valence-electron chi connectivity index (χ4n) is 3.80. The summed E-state index contributed by atoms with van der Waals surface area (Å²) < 4.78 is 44.7. The molecule has 4 rings (SSSR count). The highest BCUT2D eigenvalue weighted by atomic mass is 35.5. The molecule has 188 valence electrons. The summed E-state index contributed by atoms with van der Waals surface area (Å²) in [6.07, 6.45) is 0. The molecule has 2 amide bonds. The Morgan fingerprint density at radius 1 is 0.917 bits per heavy atom. The lowest BCUT2D eigenvalue weighted by molar-refractivity contribution is -0.117. The van der Waals surface area contributed by atoms with Gasteiger partial charge in [-0.15, -0.1) is 23.2 Å². The van der Waals surface area contributed by atoms with Gasteiger partial charge < -0.3 is 15.4 Å². The smallest absolute Gasteiger partial charge is 0.257 e. The molecule has 0 radical (unpaired) electrons. The average molecular weight is 578 g/mol. The number of nitrogens with one attached hydrogen (secondary N) is 2. The van der Waals surface area contributed by atoms with E-state index in [-0.39, 0.29) is 32.7 Å². The number of rotatable bonds is 6. The zero-order valence-electron chi connectivity index (χ0n) is 18.1. The third-order valence-corrected chi connectivity index (χ3v) is 7.13. The normalized spacial score (nSPS) is 17.9. The van der Waals surface area contributed by atoms with Crippen molar-refractivity contribution in [1.29, 1.82) is 0 Å². The lowest BCUT2D eigenvalue weighted by atomic mass is 10.1. The molecule has 2 N–H and O–H groups in total. The number of halogens is 7. The SMILES string of the molecule is COc1c(F)cc(C2C(C(=O)Nc3ccc(Cl)c(C(=O)Nc4ccc(F)cc4F)c3)C2(Cl)Cl)cc1Cl. The first-order valence-corrected chi connectivity index (χ1v) is 11.7. The van der Waals surface area contributed by atoms with Gasteiger partial charge in [-0.1, -0.05) is 23.2 Å². The molecule has 2 unspecified atom stereocenters. The van der Waals surface area contributed by atoms with E-state index in [9.17, 15) is 22.8 Å². The fourth-order valence-corrected chi connectivity index (χ4v) is 5.12. The molecule has 36 heavy (non-hydrogen) atoms. The van der Waals surface area contributed by atoms with Gasteiger partial charge in [0.2, 0.25) is 5.91 Å². The number of carbonyl (C=O) groups excluding carboxylic acids is 2. The van der Waals surface area contributed by atoms with Crippen LogP contribution in [0.4, 0.5) is 24.5 Å². The van der Waals surface area contributed by atoms with Crippen molar-refractivity contribution < 1.29 is 27.5 Å². The van der Waals surface area contributed by atoms with E-state index in [1.807, 2.05) is 0 Å². The predicted molar refractivity (Wildman–Crippen MR) is 133 cm³/mol. The fraction of sp³-hybridized carbons (Fsp3) is 0.167. The maximum absolute atomic E-state index is 14.3. The maximum atomic E-state index is 14.3. The Hall–Kier alpha value is -2.65. The second kappa shape index (κ2) is 10.0. The Labute approximate surface area is 223 Å². The summed E-state index contributed by atoms with van der Waals surface area (Å²) in [7, 11) is 1.27. The summed E-state index contributed by atoms with van der Waals surface area (Å²) in [6.45, 7) is 0. The molecule has 1 fully saturated rings. The molecule has 3 aromatic rings. The summed E-state index contributed by atoms with van der Waals surface area (Å²) in [5, 5.41) is 4.90. The van der Waals surface area contributed by atoms with Gasteiger partial charge in [0, 0.05) is 17.7 Å². The van der Waals surface area contributed by atoms with Crippen LogP contribution in [0.3, 0.4) is 0 Å². The molecule has 0 heterocycles. The van der Waals surface area contributed by atoms with Crippen molar-refractivity contribution in [2.24, 2.45) is 5.92 Å². The maximum Gasteiger partial charge on any atom is 0.257 e. The van der Waals surface area contributed by atoms with Crippen LogP contribution in [-0.2, 0) is 4.79 Å². The number of ether oxygens (including phenoxy) is 1. The zero-order valence-corrected chi connectivity index (χ0v) is 21.2. The van der Waals surface area contributed by atoms with Crippen LogP contribution in [0.15, 0.2) is 48.5 Å². The van der Waals surface area contributed by atoms with Gasteiger partial charge in [0.25, 0.3) is 5.91 Å². The van der Waals surface area contributed by atoms with Crippen molar-refractivity contribution in [2.75, 3.05) is 17.7 Å². The van der Waals surface area contributed by atoms with E-state index >= 15 is 0 Å². The van der Waals surface area contributed by atoms with Crippen LogP contribution in [0, 0.1) is 23.4 Å². The van der Waals surface area contributed by atoms with Crippen molar-refractivity contribution in [3.63, 3.8) is 0 Å². The molecule has 1 aliphatic carbocycles. The number of alkyl halides is 2. The average Bonchev–Trinajstić information content (AvgIpc) is 3.38. The summed E-state index contributed by atoms with van der Waals surface area (Å²) in [6, 6.07) is 9.27. The summed E-state index contributed by atoms with van der Waals surface area (Å²) in [5.74, 6) is -5.79. The largest absolute Gasteiger partial charge is 0.492 e. The van der Waals surface area contributed by atoms with Gasteiger partial charge in [0.05, 0.1) is 34.3 Å². The molecular weight excluding hydrogens is 563 g/mol. The minimum Gasteiger partial charge on any atom is -0.492 e. The summed E-state index contributed by atoms with van der Waals surface area (Å²) in [4.78, 5) is 25.6. The van der Waals surface area contributed by atoms with E-state index in [1.165, 1.54) is 31.4 Å². The number of carbonyl (C=O) groups is 2. The van der Waals surface area contributed by atoms with Gasteiger partial charge in [-0.25, -0.2) is 13.2 Å². The van der Waals surface area contributed by atoms with Crippen molar-refractivity contribution in [1.82, 2.24) is 0 Å². The number of hydrogen-bond donors (Lipinski definition) is 2. The van der Waals surface area contributed by atoms with Crippen LogP contribution in [0.5, 0.6) is 5.75 Å². The van der Waals surface area contributed by atoms with Crippen molar-refractivity contribution >= 4 is 69.6 Å². The third kappa shape index (κ3) is 5.09. The van der Waals surface area contributed by atoms with Crippen LogP contribution in [0.25, 0.3) is 0 Å². The zero-order chi connectivity index (χ0) is 26.4. The van der Waals surface area contributed by atoms with Crippen LogP contribution in [-0.4, -0.2) is 23.3 Å². The van der Waals surface area contributed by atoms with Crippen LogP contribution in [0.2, 0.25) is 10.0 Å². The van der Waals surface area contributed by atoms with E-state index in [0.29, 0.717) is 11.6 Å². The molecule has 0 aromatic heterocycles.